The van der Waals surface area contributed by atoms with E-state index in [2.05, 4.69) is 15.3 Å². The second kappa shape index (κ2) is 8.91. The Morgan fingerprint density at radius 2 is 1.69 bits per heavy atom. The summed E-state index contributed by atoms with van der Waals surface area (Å²) in [5.74, 6) is -0.0143. The summed E-state index contributed by atoms with van der Waals surface area (Å²) >= 11 is 0. The molecular weight excluding hydrogens is 460 g/mol. The Bertz CT molecular complexity index is 1650. The van der Waals surface area contributed by atoms with Gasteiger partial charge in [0.05, 0.1) is 16.3 Å². The number of hydrogen-bond acceptors (Lipinski definition) is 5. The molecule has 0 atom stereocenters. The number of aliphatic imine (C=N–C) groups is 2. The number of para-hydroxylation sites is 1. The summed E-state index contributed by atoms with van der Waals surface area (Å²) in [6.45, 7) is 1.80. The van der Waals surface area contributed by atoms with E-state index in [1.165, 1.54) is 28.9 Å². The van der Waals surface area contributed by atoms with Gasteiger partial charge in [-0.15, -0.1) is 0 Å². The van der Waals surface area contributed by atoms with Gasteiger partial charge >= 0.3 is 0 Å². The van der Waals surface area contributed by atoms with Crippen LogP contribution in [0.2, 0.25) is 0 Å². The fraction of sp³-hybridized carbons (Fsp3) is 0.0769. The second-order valence-electron chi connectivity index (χ2n) is 8.11. The van der Waals surface area contributed by atoms with Gasteiger partial charge in [0.25, 0.3) is 17.2 Å². The first-order valence-electron chi connectivity index (χ1n) is 11.0. The molecule has 0 saturated carbocycles. The molecule has 3 aromatic carbocycles. The highest BCUT2D eigenvalue weighted by Crippen LogP contribution is 2.24. The van der Waals surface area contributed by atoms with Gasteiger partial charge < -0.3 is 5.32 Å². The van der Waals surface area contributed by atoms with E-state index in [9.17, 15) is 19.7 Å². The molecule has 0 radical (unpaired) electrons. The van der Waals surface area contributed by atoms with Gasteiger partial charge in [0.2, 0.25) is 0 Å². The molecule has 10 nitrogen and oxygen atoms in total. The van der Waals surface area contributed by atoms with Gasteiger partial charge in [-0.1, -0.05) is 48.5 Å². The molecule has 4 aromatic rings. The molecule has 5 rings (SSSR count). The van der Waals surface area contributed by atoms with Gasteiger partial charge in [0.15, 0.2) is 11.5 Å². The van der Waals surface area contributed by atoms with Crippen LogP contribution in [0.15, 0.2) is 93.6 Å². The van der Waals surface area contributed by atoms with Crippen LogP contribution >= 0.6 is 0 Å². The largest absolute Gasteiger partial charge is 0.306 e. The number of rotatable bonds is 4. The van der Waals surface area contributed by atoms with Crippen molar-refractivity contribution in [1.29, 1.82) is 0 Å². The molecule has 1 amide bonds. The maximum atomic E-state index is 13.3. The monoisotopic (exact) mass is 480 g/mol. The zero-order valence-electron chi connectivity index (χ0n) is 19.4. The normalized spacial score (nSPS) is 13.4. The average molecular weight is 480 g/mol. The molecule has 0 aliphatic carbocycles. The Morgan fingerprint density at radius 1 is 1.00 bits per heavy atom. The van der Waals surface area contributed by atoms with Gasteiger partial charge in [-0.3, -0.25) is 24.4 Å². The zero-order valence-corrected chi connectivity index (χ0v) is 19.4. The molecule has 0 spiro atoms. The van der Waals surface area contributed by atoms with E-state index in [-0.39, 0.29) is 34.2 Å². The van der Waals surface area contributed by atoms with Crippen LogP contribution in [0, 0.1) is 17.0 Å². The molecule has 1 aromatic heterocycles. The Kier molecular flexibility index (Phi) is 5.61. The standard InChI is InChI=1S/C26H20N6O4/c1-16-22(26(34)31(30(16)2)18-10-4-3-5-11-18)27-23-20-13-6-7-14-21(20)24(28-23)29-25(33)17-9-8-12-19(15-17)32(35)36/h3-15H,1-2H3,(H,27,28,29,33). The van der Waals surface area contributed by atoms with Crippen LogP contribution in [-0.4, -0.2) is 31.9 Å². The van der Waals surface area contributed by atoms with Crippen LogP contribution in [0.1, 0.15) is 27.2 Å². The molecule has 0 fully saturated rings. The molecule has 0 saturated heterocycles. The summed E-state index contributed by atoms with van der Waals surface area (Å²) in [5.41, 5.74) is 2.52. The highest BCUT2D eigenvalue weighted by Gasteiger charge is 2.25. The van der Waals surface area contributed by atoms with Crippen molar-refractivity contribution in [2.24, 2.45) is 17.0 Å². The predicted octanol–water partition coefficient (Wildman–Crippen LogP) is 3.66. The number of amides is 1. The molecular formula is C26H20N6O4. The van der Waals surface area contributed by atoms with Gasteiger partial charge in [0.1, 0.15) is 5.84 Å². The Hall–Kier alpha value is -5.12. The number of amidine groups is 2. The summed E-state index contributed by atoms with van der Waals surface area (Å²) in [5, 5.41) is 13.8. The molecule has 10 heteroatoms. The third kappa shape index (κ3) is 3.90. The fourth-order valence-electron chi connectivity index (χ4n) is 4.02. The SMILES string of the molecule is Cc1c(N=C2N=C(NC(=O)c3cccc([N+](=O)[O-])c3)c3ccccc32)c(=O)n(-c2ccccc2)n1C. The Labute approximate surface area is 205 Å². The molecule has 178 valence electrons. The highest BCUT2D eigenvalue weighted by atomic mass is 16.6. The van der Waals surface area contributed by atoms with Crippen LogP contribution in [0.4, 0.5) is 11.4 Å². The number of fused-ring (bicyclic) bond motifs is 1. The quantitative estimate of drug-likeness (QED) is 0.354. The predicted molar refractivity (Wildman–Crippen MR) is 135 cm³/mol. The van der Waals surface area contributed by atoms with Crippen LogP contribution < -0.4 is 10.9 Å². The number of nitrogens with zero attached hydrogens (tertiary/aromatic N) is 5. The van der Waals surface area contributed by atoms with Gasteiger partial charge in [0, 0.05) is 35.9 Å². The van der Waals surface area contributed by atoms with Crippen LogP contribution in [0.25, 0.3) is 5.69 Å². The number of hydrogen-bond donors (Lipinski definition) is 1. The third-order valence-electron chi connectivity index (χ3n) is 5.93. The van der Waals surface area contributed by atoms with Gasteiger partial charge in [-0.05, 0) is 25.1 Å². The molecule has 0 unspecified atom stereocenters. The number of carbonyl (C=O) groups is 1. The minimum Gasteiger partial charge on any atom is -0.306 e. The lowest BCUT2D eigenvalue weighted by atomic mass is 10.1. The molecule has 2 heterocycles. The van der Waals surface area contributed by atoms with Crippen molar-refractivity contribution in [1.82, 2.24) is 14.7 Å². The van der Waals surface area contributed by atoms with E-state index in [1.54, 1.807) is 36.9 Å². The summed E-state index contributed by atoms with van der Waals surface area (Å²) in [4.78, 5) is 45.8. The second-order valence-corrected chi connectivity index (χ2v) is 8.11. The van der Waals surface area contributed by atoms with Crippen molar-refractivity contribution < 1.29 is 9.72 Å². The lowest BCUT2D eigenvalue weighted by Gasteiger charge is -2.07. The summed E-state index contributed by atoms with van der Waals surface area (Å²) in [6, 6.07) is 21.9. The van der Waals surface area contributed by atoms with E-state index in [4.69, 9.17) is 0 Å². The average Bonchev–Trinajstić information content (AvgIpc) is 3.34. The van der Waals surface area contributed by atoms with Crippen molar-refractivity contribution in [3.8, 4) is 5.69 Å². The zero-order chi connectivity index (χ0) is 25.4. The van der Waals surface area contributed by atoms with Crippen molar-refractivity contribution in [2.45, 2.75) is 6.92 Å². The topological polar surface area (TPSA) is 124 Å². The summed E-state index contributed by atoms with van der Waals surface area (Å²) in [7, 11) is 1.78. The van der Waals surface area contributed by atoms with Crippen molar-refractivity contribution >= 4 is 29.0 Å². The molecule has 36 heavy (non-hydrogen) atoms. The fourth-order valence-corrected chi connectivity index (χ4v) is 4.02. The van der Waals surface area contributed by atoms with Crippen LogP contribution in [0.5, 0.6) is 0 Å². The molecule has 0 bridgehead atoms. The molecule has 1 N–H and O–H groups in total. The number of aromatic nitrogens is 2. The lowest BCUT2D eigenvalue weighted by Crippen LogP contribution is -2.30. The Morgan fingerprint density at radius 3 is 2.42 bits per heavy atom. The van der Waals surface area contributed by atoms with E-state index in [1.807, 2.05) is 36.4 Å². The van der Waals surface area contributed by atoms with Crippen molar-refractivity contribution in [2.75, 3.05) is 0 Å². The number of nitro benzene ring substituents is 1. The summed E-state index contributed by atoms with van der Waals surface area (Å²) < 4.78 is 3.26. The number of nitrogens with one attached hydrogen (secondary N) is 1. The van der Waals surface area contributed by atoms with E-state index < -0.39 is 10.8 Å². The number of nitro groups is 1. The van der Waals surface area contributed by atoms with Crippen molar-refractivity contribution in [3.63, 3.8) is 0 Å². The summed E-state index contributed by atoms with van der Waals surface area (Å²) in [6.07, 6.45) is 0. The Balaban J connectivity index is 1.55. The van der Waals surface area contributed by atoms with Crippen molar-refractivity contribution in [3.05, 3.63) is 122 Å². The van der Waals surface area contributed by atoms with E-state index >= 15 is 0 Å². The first-order valence-corrected chi connectivity index (χ1v) is 11.0. The maximum Gasteiger partial charge on any atom is 0.297 e. The van der Waals surface area contributed by atoms with Gasteiger partial charge in [-0.25, -0.2) is 14.7 Å². The van der Waals surface area contributed by atoms with E-state index in [0.29, 0.717) is 22.5 Å². The minimum absolute atomic E-state index is 0.124. The van der Waals surface area contributed by atoms with E-state index in [0.717, 1.165) is 0 Å². The lowest BCUT2D eigenvalue weighted by molar-refractivity contribution is -0.384. The number of carbonyl (C=O) groups excluding carboxylic acids is 1. The van der Waals surface area contributed by atoms with Crippen LogP contribution in [0.3, 0.4) is 0 Å². The first-order chi connectivity index (χ1) is 17.3. The smallest absolute Gasteiger partial charge is 0.297 e. The first kappa shape index (κ1) is 22.7. The number of benzene rings is 3. The maximum absolute atomic E-state index is 13.3. The van der Waals surface area contributed by atoms with Crippen LogP contribution in [-0.2, 0) is 7.05 Å². The number of non-ortho nitro benzene ring substituents is 1. The van der Waals surface area contributed by atoms with Gasteiger partial charge in [-0.2, -0.15) is 0 Å². The third-order valence-corrected chi connectivity index (χ3v) is 5.93. The minimum atomic E-state index is -0.561. The highest BCUT2D eigenvalue weighted by molar-refractivity contribution is 6.26. The molecule has 1 aliphatic heterocycles. The molecule has 1 aliphatic rings.